The molecule has 1 saturated carbocycles. The molecule has 0 saturated heterocycles. The van der Waals surface area contributed by atoms with E-state index in [2.05, 4.69) is 20.8 Å². The fourth-order valence-electron chi connectivity index (χ4n) is 2.68. The summed E-state index contributed by atoms with van der Waals surface area (Å²) in [5, 5.41) is 0. The van der Waals surface area contributed by atoms with Gasteiger partial charge in [-0.25, -0.2) is 4.79 Å². The molecule has 0 N–H and O–H groups in total. The van der Waals surface area contributed by atoms with Crippen molar-refractivity contribution in [1.82, 2.24) is 0 Å². The summed E-state index contributed by atoms with van der Waals surface area (Å²) in [4.78, 5) is 11.3. The Hall–Kier alpha value is -0.790. The molecular formula is C13H22O2. The van der Waals surface area contributed by atoms with Crippen LogP contribution in [0.15, 0.2) is 11.6 Å². The highest BCUT2D eigenvalue weighted by atomic mass is 16.5. The number of carbonyl (C=O) groups excluding carboxylic acids is 1. The lowest BCUT2D eigenvalue weighted by Gasteiger charge is -2.35. The van der Waals surface area contributed by atoms with Gasteiger partial charge in [0.25, 0.3) is 0 Å². The van der Waals surface area contributed by atoms with Gasteiger partial charge in [-0.3, -0.25) is 0 Å². The molecule has 0 aromatic rings. The number of carbonyl (C=O) groups is 1. The second-order valence-electron chi connectivity index (χ2n) is 5.41. The first-order valence-corrected chi connectivity index (χ1v) is 5.79. The van der Waals surface area contributed by atoms with Crippen LogP contribution in [0.3, 0.4) is 0 Å². The summed E-state index contributed by atoms with van der Waals surface area (Å²) in [6.45, 7) is 9.08. The highest BCUT2D eigenvalue weighted by Crippen LogP contribution is 2.41. The van der Waals surface area contributed by atoms with E-state index in [1.807, 2.05) is 6.92 Å². The number of hydrogen-bond acceptors (Lipinski definition) is 2. The predicted octanol–water partition coefficient (Wildman–Crippen LogP) is 3.32. The Labute approximate surface area is 92.7 Å². The summed E-state index contributed by atoms with van der Waals surface area (Å²) in [5.41, 5.74) is 1.58. The van der Waals surface area contributed by atoms with Crippen molar-refractivity contribution in [1.29, 1.82) is 0 Å². The molecule has 0 aromatic heterocycles. The SMILES string of the molecule is CCOC(=O)/C=C1/CC(C)CC(C)(C)C1. The van der Waals surface area contributed by atoms with E-state index >= 15 is 0 Å². The molecule has 0 aromatic carbocycles. The van der Waals surface area contributed by atoms with Gasteiger partial charge in [-0.2, -0.15) is 0 Å². The van der Waals surface area contributed by atoms with Crippen molar-refractivity contribution in [2.75, 3.05) is 6.61 Å². The minimum absolute atomic E-state index is 0.183. The molecular weight excluding hydrogens is 188 g/mol. The van der Waals surface area contributed by atoms with Gasteiger partial charge >= 0.3 is 5.97 Å². The fourth-order valence-corrected chi connectivity index (χ4v) is 2.68. The Kier molecular flexibility index (Phi) is 3.95. The third-order valence-electron chi connectivity index (χ3n) is 2.83. The Morgan fingerprint density at radius 3 is 2.80 bits per heavy atom. The van der Waals surface area contributed by atoms with Crippen molar-refractivity contribution >= 4 is 5.97 Å². The van der Waals surface area contributed by atoms with E-state index in [-0.39, 0.29) is 5.97 Å². The molecule has 1 fully saturated rings. The third kappa shape index (κ3) is 4.06. The van der Waals surface area contributed by atoms with E-state index in [0.717, 1.165) is 12.8 Å². The summed E-state index contributed by atoms with van der Waals surface area (Å²) in [6, 6.07) is 0. The molecule has 1 aliphatic rings. The summed E-state index contributed by atoms with van der Waals surface area (Å²) >= 11 is 0. The van der Waals surface area contributed by atoms with Crippen molar-refractivity contribution in [2.45, 2.75) is 47.0 Å². The molecule has 15 heavy (non-hydrogen) atoms. The average molecular weight is 210 g/mol. The minimum Gasteiger partial charge on any atom is -0.463 e. The first-order valence-electron chi connectivity index (χ1n) is 5.79. The van der Waals surface area contributed by atoms with Gasteiger partial charge in [0.2, 0.25) is 0 Å². The average Bonchev–Trinajstić information content (AvgIpc) is 1.99. The second kappa shape index (κ2) is 4.82. The Morgan fingerprint density at radius 2 is 2.27 bits per heavy atom. The van der Waals surface area contributed by atoms with Gasteiger partial charge in [-0.1, -0.05) is 26.3 Å². The lowest BCUT2D eigenvalue weighted by molar-refractivity contribution is -0.137. The molecule has 0 amide bonds. The zero-order valence-electron chi connectivity index (χ0n) is 10.3. The van der Waals surface area contributed by atoms with E-state index in [9.17, 15) is 4.79 Å². The Bertz CT molecular complexity index is 264. The van der Waals surface area contributed by atoms with Crippen LogP contribution in [0.5, 0.6) is 0 Å². The van der Waals surface area contributed by atoms with E-state index in [1.54, 1.807) is 6.08 Å². The largest absolute Gasteiger partial charge is 0.463 e. The van der Waals surface area contributed by atoms with Gasteiger partial charge < -0.3 is 4.74 Å². The number of allylic oxidation sites excluding steroid dienone is 1. The van der Waals surface area contributed by atoms with Gasteiger partial charge in [0, 0.05) is 6.08 Å². The van der Waals surface area contributed by atoms with Crippen molar-refractivity contribution < 1.29 is 9.53 Å². The van der Waals surface area contributed by atoms with Crippen molar-refractivity contribution in [3.05, 3.63) is 11.6 Å². The fraction of sp³-hybridized carbons (Fsp3) is 0.769. The monoisotopic (exact) mass is 210 g/mol. The van der Waals surface area contributed by atoms with Crippen LogP contribution in [0.2, 0.25) is 0 Å². The van der Waals surface area contributed by atoms with Crippen LogP contribution >= 0.6 is 0 Å². The predicted molar refractivity (Wildman–Crippen MR) is 61.5 cm³/mol. The van der Waals surface area contributed by atoms with Gasteiger partial charge in [0.1, 0.15) is 0 Å². The summed E-state index contributed by atoms with van der Waals surface area (Å²) < 4.78 is 4.93. The Balaban J connectivity index is 2.65. The maximum atomic E-state index is 11.3. The van der Waals surface area contributed by atoms with Gasteiger partial charge in [-0.05, 0) is 37.5 Å². The topological polar surface area (TPSA) is 26.3 Å². The molecule has 0 heterocycles. The highest BCUT2D eigenvalue weighted by molar-refractivity contribution is 5.82. The molecule has 1 aliphatic carbocycles. The van der Waals surface area contributed by atoms with Crippen LogP contribution < -0.4 is 0 Å². The van der Waals surface area contributed by atoms with Crippen LogP contribution in [0.25, 0.3) is 0 Å². The Morgan fingerprint density at radius 1 is 1.60 bits per heavy atom. The van der Waals surface area contributed by atoms with Crippen LogP contribution in [0, 0.1) is 11.3 Å². The molecule has 0 spiro atoms. The molecule has 1 atom stereocenters. The third-order valence-corrected chi connectivity index (χ3v) is 2.83. The molecule has 2 heteroatoms. The number of esters is 1. The zero-order valence-corrected chi connectivity index (χ0v) is 10.3. The maximum Gasteiger partial charge on any atom is 0.330 e. The van der Waals surface area contributed by atoms with E-state index < -0.39 is 0 Å². The lowest BCUT2D eigenvalue weighted by atomic mass is 9.70. The quantitative estimate of drug-likeness (QED) is 0.516. The zero-order chi connectivity index (χ0) is 11.5. The summed E-state index contributed by atoms with van der Waals surface area (Å²) in [5.74, 6) is 0.492. The molecule has 0 aliphatic heterocycles. The van der Waals surface area contributed by atoms with Crippen molar-refractivity contribution in [2.24, 2.45) is 11.3 Å². The maximum absolute atomic E-state index is 11.3. The summed E-state index contributed by atoms with van der Waals surface area (Å²) in [6.07, 6.45) is 5.01. The normalized spacial score (nSPS) is 27.7. The van der Waals surface area contributed by atoms with E-state index in [1.165, 1.54) is 12.0 Å². The second-order valence-corrected chi connectivity index (χ2v) is 5.41. The molecule has 0 bridgehead atoms. The number of ether oxygens (including phenoxy) is 1. The van der Waals surface area contributed by atoms with Gasteiger partial charge in [-0.15, -0.1) is 0 Å². The smallest absolute Gasteiger partial charge is 0.330 e. The van der Waals surface area contributed by atoms with Crippen LogP contribution in [-0.4, -0.2) is 12.6 Å². The first kappa shape index (κ1) is 12.3. The molecule has 0 radical (unpaired) electrons. The molecule has 86 valence electrons. The van der Waals surface area contributed by atoms with Crippen LogP contribution in [0.1, 0.15) is 47.0 Å². The van der Waals surface area contributed by atoms with Crippen LogP contribution in [-0.2, 0) is 9.53 Å². The van der Waals surface area contributed by atoms with Crippen molar-refractivity contribution in [3.8, 4) is 0 Å². The lowest BCUT2D eigenvalue weighted by Crippen LogP contribution is -2.23. The molecule has 2 nitrogen and oxygen atoms in total. The summed E-state index contributed by atoms with van der Waals surface area (Å²) in [7, 11) is 0. The first-order chi connectivity index (χ1) is 6.93. The number of hydrogen-bond donors (Lipinski definition) is 0. The van der Waals surface area contributed by atoms with Gasteiger partial charge in [0.05, 0.1) is 6.61 Å². The van der Waals surface area contributed by atoms with E-state index in [4.69, 9.17) is 4.74 Å². The van der Waals surface area contributed by atoms with Gasteiger partial charge in [0.15, 0.2) is 0 Å². The van der Waals surface area contributed by atoms with Crippen LogP contribution in [0.4, 0.5) is 0 Å². The minimum atomic E-state index is -0.183. The van der Waals surface area contributed by atoms with E-state index in [0.29, 0.717) is 17.9 Å². The highest BCUT2D eigenvalue weighted by Gasteiger charge is 2.28. The standard InChI is InChI=1S/C13H22O2/c1-5-15-12(14)7-11-6-10(2)8-13(3,4)9-11/h7,10H,5-6,8-9H2,1-4H3/b11-7-. The number of rotatable bonds is 2. The molecule has 1 rings (SSSR count). The molecule has 1 unspecified atom stereocenters. The van der Waals surface area contributed by atoms with Crippen molar-refractivity contribution in [3.63, 3.8) is 0 Å².